The van der Waals surface area contributed by atoms with Gasteiger partial charge in [0.25, 0.3) is 11.2 Å². The molecule has 1 aliphatic heterocycles. The summed E-state index contributed by atoms with van der Waals surface area (Å²) in [5, 5.41) is 13.6. The van der Waals surface area contributed by atoms with Crippen molar-refractivity contribution in [3.8, 4) is 16.9 Å². The van der Waals surface area contributed by atoms with Crippen molar-refractivity contribution in [3.05, 3.63) is 91.7 Å². The van der Waals surface area contributed by atoms with Gasteiger partial charge in [-0.1, -0.05) is 19.1 Å². The summed E-state index contributed by atoms with van der Waals surface area (Å²) in [6.07, 6.45) is 0.138. The lowest BCUT2D eigenvalue weighted by Gasteiger charge is -2.24. The summed E-state index contributed by atoms with van der Waals surface area (Å²) in [5.74, 6) is -0.624. The van der Waals surface area contributed by atoms with E-state index in [1.54, 1.807) is 50.2 Å². The normalized spacial score (nSPS) is 20.3. The second-order valence-corrected chi connectivity index (χ2v) is 12.1. The summed E-state index contributed by atoms with van der Waals surface area (Å²) < 4.78 is 38.0. The third kappa shape index (κ3) is 8.26. The summed E-state index contributed by atoms with van der Waals surface area (Å²) in [6, 6.07) is 12.7. The maximum atomic E-state index is 13.9. The third-order valence-corrected chi connectivity index (χ3v) is 8.20. The number of hydrogen-bond acceptors (Lipinski definition) is 10. The fraction of sp³-hybridized carbons (Fsp3) is 0.393. The molecule has 15 heteroatoms. The van der Waals surface area contributed by atoms with Gasteiger partial charge in [-0.05, 0) is 62.6 Å². The summed E-state index contributed by atoms with van der Waals surface area (Å²) in [6.45, 7) is 6.51. The number of aromatic nitrogens is 2. The van der Waals surface area contributed by atoms with Gasteiger partial charge < -0.3 is 14.0 Å². The molecule has 1 aliphatic rings. The van der Waals surface area contributed by atoms with Crippen LogP contribution in [0.3, 0.4) is 0 Å². The molecule has 1 saturated heterocycles. The minimum atomic E-state index is -4.20. The molecule has 2 heterocycles. The van der Waals surface area contributed by atoms with Gasteiger partial charge in [-0.2, -0.15) is 5.09 Å². The maximum absolute atomic E-state index is 13.9. The Kier molecular flexibility index (Phi) is 9.97. The van der Waals surface area contributed by atoms with E-state index in [0.717, 1.165) is 11.1 Å². The highest BCUT2D eigenvalue weighted by atomic mass is 31.2. The first-order chi connectivity index (χ1) is 20.3. The molecule has 2 aromatic carbocycles. The third-order valence-electron chi connectivity index (χ3n) is 6.56. The molecule has 0 aliphatic carbocycles. The fourth-order valence-electron chi connectivity index (χ4n) is 4.51. The van der Waals surface area contributed by atoms with Crippen LogP contribution in [0.15, 0.2) is 70.4 Å². The van der Waals surface area contributed by atoms with E-state index in [0.29, 0.717) is 6.42 Å². The number of esters is 1. The van der Waals surface area contributed by atoms with Crippen LogP contribution in [0, 0.1) is 16.0 Å². The predicted molar refractivity (Wildman–Crippen MR) is 156 cm³/mol. The van der Waals surface area contributed by atoms with Gasteiger partial charge in [-0.25, -0.2) is 9.36 Å². The van der Waals surface area contributed by atoms with Gasteiger partial charge in [0.1, 0.15) is 18.0 Å². The first-order valence-electron chi connectivity index (χ1n) is 13.6. The van der Waals surface area contributed by atoms with E-state index in [4.69, 9.17) is 18.5 Å². The molecular weight excluding hydrogens is 583 g/mol. The molecule has 0 spiro atoms. The molecule has 1 fully saturated rings. The quantitative estimate of drug-likeness (QED) is 0.129. The first kappa shape index (κ1) is 31.8. The smallest absolute Gasteiger partial charge is 0.459 e. The molecule has 3 aromatic rings. The number of nitro groups is 1. The SMILES string of the molecule is CC(C)OC(=O)[C@H](C)NP(=O)(OC[C@@H]1C[C@H](C)[C@H](n2ccc(=O)[nH]c2=O)O1)Oc1ccc(-c2ccc([N+](=O)[O-])cc2)cc1. The number of benzene rings is 2. The van der Waals surface area contributed by atoms with Crippen molar-refractivity contribution in [1.82, 2.24) is 14.6 Å². The van der Waals surface area contributed by atoms with E-state index in [-0.39, 0.29) is 24.0 Å². The van der Waals surface area contributed by atoms with Crippen LogP contribution in [0.1, 0.15) is 40.3 Å². The van der Waals surface area contributed by atoms with E-state index in [2.05, 4.69) is 10.1 Å². The average Bonchev–Trinajstić information content (AvgIpc) is 3.32. The van der Waals surface area contributed by atoms with E-state index in [1.807, 2.05) is 6.92 Å². The lowest BCUT2D eigenvalue weighted by molar-refractivity contribution is -0.384. The van der Waals surface area contributed by atoms with Crippen molar-refractivity contribution < 1.29 is 32.8 Å². The molecule has 1 aromatic heterocycles. The van der Waals surface area contributed by atoms with Gasteiger partial charge in [0.05, 0.1) is 23.7 Å². The number of nitrogens with one attached hydrogen (secondary N) is 2. The van der Waals surface area contributed by atoms with Crippen LogP contribution in [0.5, 0.6) is 5.75 Å². The van der Waals surface area contributed by atoms with Crippen molar-refractivity contribution in [2.45, 2.75) is 58.6 Å². The number of nitrogens with zero attached hydrogens (tertiary/aromatic N) is 2. The van der Waals surface area contributed by atoms with E-state index >= 15 is 0 Å². The minimum absolute atomic E-state index is 0.0318. The molecule has 0 radical (unpaired) electrons. The average molecular weight is 617 g/mol. The topological polar surface area (TPSA) is 181 Å². The molecule has 0 bridgehead atoms. The van der Waals surface area contributed by atoms with Gasteiger partial charge in [0.2, 0.25) is 0 Å². The van der Waals surface area contributed by atoms with Crippen molar-refractivity contribution in [2.75, 3.05) is 6.61 Å². The van der Waals surface area contributed by atoms with Crippen LogP contribution in [-0.2, 0) is 23.4 Å². The van der Waals surface area contributed by atoms with Gasteiger partial charge in [-0.3, -0.25) is 33.8 Å². The Balaban J connectivity index is 1.49. The van der Waals surface area contributed by atoms with Crippen LogP contribution in [0.25, 0.3) is 11.1 Å². The highest BCUT2D eigenvalue weighted by molar-refractivity contribution is 7.52. The van der Waals surface area contributed by atoms with Crippen molar-refractivity contribution in [3.63, 3.8) is 0 Å². The standard InChI is InChI=1S/C28H33N4O10P/c1-17(2)40-27(34)19(4)30-43(38,39-16-24-15-18(3)26(41-24)31-14-13-25(33)29-28(31)35)42-23-11-7-21(8-12-23)20-5-9-22(10-6-20)32(36)37/h5-14,17-19,24,26H,15-16H2,1-4H3,(H,30,38)(H,29,33,35)/t18-,19-,24-,26+,43?/m0/s1. The van der Waals surface area contributed by atoms with Crippen LogP contribution < -0.4 is 20.9 Å². The van der Waals surface area contributed by atoms with Crippen molar-refractivity contribution in [2.24, 2.45) is 5.92 Å². The molecule has 0 amide bonds. The van der Waals surface area contributed by atoms with Crippen LogP contribution >= 0.6 is 7.75 Å². The number of carbonyl (C=O) groups excluding carboxylic acids is 1. The summed E-state index contributed by atoms with van der Waals surface area (Å²) in [7, 11) is -4.20. The van der Waals surface area contributed by atoms with Crippen LogP contribution in [0.4, 0.5) is 5.69 Å². The highest BCUT2D eigenvalue weighted by Gasteiger charge is 2.38. The Bertz CT molecular complexity index is 1600. The van der Waals surface area contributed by atoms with Crippen LogP contribution in [-0.4, -0.2) is 45.3 Å². The second kappa shape index (κ2) is 13.5. The minimum Gasteiger partial charge on any atom is -0.462 e. The Hall–Kier alpha value is -4.10. The van der Waals surface area contributed by atoms with E-state index < -0.39 is 54.4 Å². The van der Waals surface area contributed by atoms with Gasteiger partial charge in [0, 0.05) is 30.3 Å². The van der Waals surface area contributed by atoms with E-state index in [1.165, 1.54) is 35.9 Å². The van der Waals surface area contributed by atoms with Gasteiger partial charge in [0.15, 0.2) is 0 Å². The number of rotatable bonds is 12. The Morgan fingerprint density at radius 3 is 2.33 bits per heavy atom. The molecule has 5 atom stereocenters. The molecule has 4 rings (SSSR count). The van der Waals surface area contributed by atoms with Crippen LogP contribution in [0.2, 0.25) is 0 Å². The summed E-state index contributed by atoms with van der Waals surface area (Å²) >= 11 is 0. The number of non-ortho nitro benzene ring substituents is 1. The zero-order valence-corrected chi connectivity index (χ0v) is 24.9. The first-order valence-corrected chi connectivity index (χ1v) is 15.1. The zero-order chi connectivity index (χ0) is 31.3. The zero-order valence-electron chi connectivity index (χ0n) is 24.0. The second-order valence-electron chi connectivity index (χ2n) is 10.4. The number of carbonyl (C=O) groups is 1. The number of ether oxygens (including phenoxy) is 2. The Morgan fingerprint density at radius 2 is 1.74 bits per heavy atom. The van der Waals surface area contributed by atoms with E-state index in [9.17, 15) is 29.1 Å². The lowest BCUT2D eigenvalue weighted by Crippen LogP contribution is -2.36. The number of H-pyrrole nitrogens is 1. The maximum Gasteiger partial charge on any atom is 0.459 e. The molecule has 43 heavy (non-hydrogen) atoms. The summed E-state index contributed by atoms with van der Waals surface area (Å²) in [5.41, 5.74) is 0.286. The highest BCUT2D eigenvalue weighted by Crippen LogP contribution is 2.46. The molecule has 230 valence electrons. The largest absolute Gasteiger partial charge is 0.462 e. The fourth-order valence-corrected chi connectivity index (χ4v) is 6.03. The van der Waals surface area contributed by atoms with Gasteiger partial charge >= 0.3 is 19.4 Å². The molecule has 1 unspecified atom stereocenters. The Labute approximate surface area is 246 Å². The molecule has 14 nitrogen and oxygen atoms in total. The number of aromatic amines is 1. The Morgan fingerprint density at radius 1 is 1.12 bits per heavy atom. The monoisotopic (exact) mass is 616 g/mol. The number of hydrogen-bond donors (Lipinski definition) is 2. The van der Waals surface area contributed by atoms with Crippen molar-refractivity contribution >= 4 is 19.4 Å². The summed E-state index contributed by atoms with van der Waals surface area (Å²) in [4.78, 5) is 48.8. The number of nitro benzene ring substituents is 1. The molecule has 0 saturated carbocycles. The van der Waals surface area contributed by atoms with Crippen molar-refractivity contribution in [1.29, 1.82) is 0 Å². The molecular formula is C28H33N4O10P. The lowest BCUT2D eigenvalue weighted by atomic mass is 10.1. The van der Waals surface area contributed by atoms with Gasteiger partial charge in [-0.15, -0.1) is 0 Å². The predicted octanol–water partition coefficient (Wildman–Crippen LogP) is 4.17. The molecule has 2 N–H and O–H groups in total.